The number of rotatable bonds is 8. The van der Waals surface area contributed by atoms with Crippen LogP contribution in [0.1, 0.15) is 64.5 Å². The van der Waals surface area contributed by atoms with Crippen molar-refractivity contribution in [3.8, 4) is 0 Å². The van der Waals surface area contributed by atoms with Crippen molar-refractivity contribution in [3.05, 3.63) is 35.9 Å². The molecule has 0 unspecified atom stereocenters. The molecule has 0 bridgehead atoms. The number of benzene rings is 1. The van der Waals surface area contributed by atoms with Crippen molar-refractivity contribution in [2.24, 2.45) is 5.92 Å². The number of nitrogens with zero attached hydrogens (tertiary/aromatic N) is 1. The van der Waals surface area contributed by atoms with Gasteiger partial charge in [0.25, 0.3) is 0 Å². The Kier molecular flexibility index (Phi) is 7.10. The summed E-state index contributed by atoms with van der Waals surface area (Å²) in [6.07, 6.45) is 5.43. The van der Waals surface area contributed by atoms with Crippen LogP contribution in [0.25, 0.3) is 0 Å². The van der Waals surface area contributed by atoms with Crippen LogP contribution in [-0.4, -0.2) is 30.1 Å². The van der Waals surface area contributed by atoms with Crippen LogP contribution in [0.3, 0.4) is 0 Å². The zero-order valence-electron chi connectivity index (χ0n) is 14.8. The van der Waals surface area contributed by atoms with Crippen molar-refractivity contribution in [3.63, 3.8) is 0 Å². The fourth-order valence-electron chi connectivity index (χ4n) is 3.79. The molecule has 3 nitrogen and oxygen atoms in total. The molecule has 128 valence electrons. The van der Waals surface area contributed by atoms with E-state index in [9.17, 15) is 4.79 Å². The van der Waals surface area contributed by atoms with E-state index < -0.39 is 0 Å². The molecule has 1 fully saturated rings. The summed E-state index contributed by atoms with van der Waals surface area (Å²) in [5, 5.41) is 0. The Hall–Kier alpha value is -1.35. The molecule has 1 aliphatic heterocycles. The van der Waals surface area contributed by atoms with E-state index in [1.165, 1.54) is 12.0 Å². The molecule has 0 spiro atoms. The van der Waals surface area contributed by atoms with Crippen LogP contribution >= 0.6 is 0 Å². The normalized spacial score (nSPS) is 21.1. The first-order valence-corrected chi connectivity index (χ1v) is 9.16. The van der Waals surface area contributed by atoms with E-state index in [1.807, 2.05) is 6.92 Å². The van der Waals surface area contributed by atoms with Gasteiger partial charge in [0.2, 0.25) is 0 Å². The summed E-state index contributed by atoms with van der Waals surface area (Å²) in [6.45, 7) is 7.88. The number of ether oxygens (including phenoxy) is 1. The third kappa shape index (κ3) is 4.57. The largest absolute Gasteiger partial charge is 0.466 e. The Bertz CT molecular complexity index is 474. The maximum Gasteiger partial charge on any atom is 0.310 e. The molecule has 0 radical (unpaired) electrons. The fourth-order valence-corrected chi connectivity index (χ4v) is 3.79. The lowest BCUT2D eigenvalue weighted by Gasteiger charge is -2.35. The van der Waals surface area contributed by atoms with Crippen molar-refractivity contribution in [2.45, 2.75) is 65.0 Å². The highest BCUT2D eigenvalue weighted by molar-refractivity contribution is 5.73. The second-order valence-electron chi connectivity index (χ2n) is 6.53. The summed E-state index contributed by atoms with van der Waals surface area (Å²) in [7, 11) is 0. The van der Waals surface area contributed by atoms with E-state index in [4.69, 9.17) is 4.74 Å². The molecule has 3 atom stereocenters. The van der Waals surface area contributed by atoms with Crippen molar-refractivity contribution in [1.82, 2.24) is 4.90 Å². The Morgan fingerprint density at radius 1 is 1.30 bits per heavy atom. The van der Waals surface area contributed by atoms with Gasteiger partial charge in [-0.25, -0.2) is 0 Å². The molecule has 1 aliphatic rings. The lowest BCUT2D eigenvalue weighted by molar-refractivity contribution is -0.150. The maximum absolute atomic E-state index is 12.5. The van der Waals surface area contributed by atoms with Crippen molar-refractivity contribution >= 4 is 5.97 Å². The van der Waals surface area contributed by atoms with Gasteiger partial charge in [-0.05, 0) is 45.2 Å². The first-order chi connectivity index (χ1) is 11.2. The van der Waals surface area contributed by atoms with Crippen molar-refractivity contribution in [1.29, 1.82) is 0 Å². The quantitative estimate of drug-likeness (QED) is 0.657. The highest BCUT2D eigenvalue weighted by atomic mass is 16.5. The van der Waals surface area contributed by atoms with E-state index in [0.29, 0.717) is 18.7 Å². The number of carbonyl (C=O) groups is 1. The van der Waals surface area contributed by atoms with Crippen LogP contribution < -0.4 is 0 Å². The molecule has 1 aromatic carbocycles. The molecule has 0 aliphatic carbocycles. The number of hydrogen-bond acceptors (Lipinski definition) is 3. The van der Waals surface area contributed by atoms with Gasteiger partial charge in [0.1, 0.15) is 0 Å². The fraction of sp³-hybridized carbons (Fsp3) is 0.650. The van der Waals surface area contributed by atoms with Gasteiger partial charge in [-0.1, -0.05) is 50.1 Å². The average molecular weight is 317 g/mol. The van der Waals surface area contributed by atoms with Crippen molar-refractivity contribution in [2.75, 3.05) is 13.2 Å². The first kappa shape index (κ1) is 18.0. The summed E-state index contributed by atoms with van der Waals surface area (Å²) >= 11 is 0. The standard InChI is InChI=1S/C20H31NO2/c1-4-6-13-18(20(22)23-5-2)19-14-10-15-21(19)16(3)17-11-8-7-9-12-17/h7-9,11-12,16,18-19H,4-6,10,13-15H2,1-3H3/t16-,18+,19-/m0/s1. The molecule has 1 saturated heterocycles. The number of likely N-dealkylation sites (tertiary alicyclic amines) is 1. The Morgan fingerprint density at radius 3 is 2.70 bits per heavy atom. The van der Waals surface area contributed by atoms with Gasteiger partial charge in [-0.2, -0.15) is 0 Å². The van der Waals surface area contributed by atoms with E-state index in [-0.39, 0.29) is 11.9 Å². The summed E-state index contributed by atoms with van der Waals surface area (Å²) in [5.74, 6) is 0.0154. The second kappa shape index (κ2) is 9.07. The molecular weight excluding hydrogens is 286 g/mol. The molecule has 3 heteroatoms. The van der Waals surface area contributed by atoms with Gasteiger partial charge in [0.05, 0.1) is 12.5 Å². The summed E-state index contributed by atoms with van der Waals surface area (Å²) in [5.41, 5.74) is 1.33. The molecule has 1 heterocycles. The van der Waals surface area contributed by atoms with E-state index >= 15 is 0 Å². The number of carbonyl (C=O) groups excluding carboxylic acids is 1. The SMILES string of the molecule is CCCC[C@@H](C(=O)OCC)[C@@H]1CCCN1[C@@H](C)c1ccccc1. The van der Waals surface area contributed by atoms with Crippen LogP contribution in [0.5, 0.6) is 0 Å². The predicted molar refractivity (Wildman–Crippen MR) is 94.2 cm³/mol. The monoisotopic (exact) mass is 317 g/mol. The smallest absolute Gasteiger partial charge is 0.310 e. The van der Waals surface area contributed by atoms with Gasteiger partial charge in [-0.15, -0.1) is 0 Å². The van der Waals surface area contributed by atoms with E-state index in [2.05, 4.69) is 49.1 Å². The van der Waals surface area contributed by atoms with Crippen LogP contribution in [-0.2, 0) is 9.53 Å². The van der Waals surface area contributed by atoms with Crippen LogP contribution in [0.15, 0.2) is 30.3 Å². The summed E-state index contributed by atoms with van der Waals surface area (Å²) in [6, 6.07) is 11.3. The summed E-state index contributed by atoms with van der Waals surface area (Å²) < 4.78 is 5.38. The maximum atomic E-state index is 12.5. The minimum atomic E-state index is -0.00175. The number of hydrogen-bond donors (Lipinski definition) is 0. The van der Waals surface area contributed by atoms with Crippen LogP contribution in [0.4, 0.5) is 0 Å². The van der Waals surface area contributed by atoms with Crippen LogP contribution in [0.2, 0.25) is 0 Å². The molecule has 0 N–H and O–H groups in total. The highest BCUT2D eigenvalue weighted by Gasteiger charge is 2.38. The van der Waals surface area contributed by atoms with Crippen molar-refractivity contribution < 1.29 is 9.53 Å². The molecular formula is C20H31NO2. The predicted octanol–water partition coefficient (Wildman–Crippen LogP) is 4.58. The van der Waals surface area contributed by atoms with E-state index in [0.717, 1.165) is 32.2 Å². The Morgan fingerprint density at radius 2 is 2.04 bits per heavy atom. The third-order valence-electron chi connectivity index (χ3n) is 5.04. The Labute approximate surface area is 141 Å². The molecule has 2 rings (SSSR count). The summed E-state index contributed by atoms with van der Waals surface area (Å²) in [4.78, 5) is 15.0. The van der Waals surface area contributed by atoms with E-state index in [1.54, 1.807) is 0 Å². The second-order valence-corrected chi connectivity index (χ2v) is 6.53. The third-order valence-corrected chi connectivity index (χ3v) is 5.04. The lowest BCUT2D eigenvalue weighted by atomic mass is 9.91. The van der Waals surface area contributed by atoms with Gasteiger partial charge in [0, 0.05) is 12.1 Å². The molecule has 23 heavy (non-hydrogen) atoms. The van der Waals surface area contributed by atoms with Gasteiger partial charge >= 0.3 is 5.97 Å². The zero-order chi connectivity index (χ0) is 16.7. The number of esters is 1. The minimum absolute atomic E-state index is 0.00175. The number of unbranched alkanes of at least 4 members (excludes halogenated alkanes) is 1. The van der Waals surface area contributed by atoms with Gasteiger partial charge < -0.3 is 4.74 Å². The average Bonchev–Trinajstić information content (AvgIpc) is 3.05. The van der Waals surface area contributed by atoms with Gasteiger partial charge in [-0.3, -0.25) is 9.69 Å². The van der Waals surface area contributed by atoms with Crippen LogP contribution in [0, 0.1) is 5.92 Å². The zero-order valence-corrected chi connectivity index (χ0v) is 14.8. The topological polar surface area (TPSA) is 29.5 Å². The molecule has 0 amide bonds. The Balaban J connectivity index is 2.14. The molecule has 0 aromatic heterocycles. The highest BCUT2D eigenvalue weighted by Crippen LogP contribution is 2.35. The minimum Gasteiger partial charge on any atom is -0.466 e. The molecule has 1 aromatic rings. The lowest BCUT2D eigenvalue weighted by Crippen LogP contribution is -2.41. The first-order valence-electron chi connectivity index (χ1n) is 9.16. The van der Waals surface area contributed by atoms with Gasteiger partial charge in [0.15, 0.2) is 0 Å². The molecule has 0 saturated carbocycles.